The van der Waals surface area contributed by atoms with Gasteiger partial charge in [-0.3, -0.25) is 96.0 Å². The number of imidazole rings is 1. The number of nitrogens with one attached hydrogen (secondary N) is 16. The Bertz CT molecular complexity index is 4710. The van der Waals surface area contributed by atoms with E-state index in [-0.39, 0.29) is 115 Å². The highest BCUT2D eigenvalue weighted by Gasteiger charge is 2.37. The van der Waals surface area contributed by atoms with E-state index in [0.29, 0.717) is 48.9 Å². The molecule has 1 fully saturated rings. The van der Waals surface area contributed by atoms with Crippen molar-refractivity contribution in [1.82, 2.24) is 88.8 Å². The standard InChI is InChI=1S/C47H81N11O14S.C43H61N13O8/c1-3-5-7-8-9-10-11-12-13-14-15-16-17-20-40(62)58-73(71,72)26-18-21-39(61)51-29-41(63)53-34(23-25-42(64)65)44(67)55-35(22-24-38(48)60)45(68)56-36(27-32-28-50-31-52-32)46(69)57-37(30-59)47(70)54-33(43(49)66)19-6-4-2;1-48-30-17-19-36(58)49-20-8-7-14-29(37(45)59)52-42(64)34(23-26-24-51-28-13-6-5-12-27(26)28)56-39(61)31(15-9-21-50-43(46)47)53-41(63)33(22-25-10-3-2-4-11-25)55-40(62)32(54-38(30)60)16-18-35(44)57/h28,31,33-37,59H,3-27,29-30H2,1-2H3,(H2,48,60)(H2,49,66)(H,50,52)(H,51,61)(H,53,63)(H,54,70)(H,55,67)(H,56,68)(H,57,69)(H,58,62)(H,64,65);2-6,10-13,24,29-34,48,51H,7-9,14-23H2,1H3,(H2,44,57)(H2,45,59)(H,49,58)(H,52,64)(H,53,63)(H,54,60)(H,55,62)(H,56,61)(H4,46,47,50)/t33-,34-,35-,36-,37-;29-,30-,31-,32-,33+,34-/m00/s1. The van der Waals surface area contributed by atoms with Crippen LogP contribution in [-0.2, 0) is 116 Å². The first kappa shape index (κ1) is 116. The van der Waals surface area contributed by atoms with E-state index in [2.05, 4.69) is 96.0 Å². The Morgan fingerprint density at radius 1 is 0.526 bits per heavy atom. The largest absolute Gasteiger partial charge is 0.481 e. The fourth-order valence-electron chi connectivity index (χ4n) is 14.6. The van der Waals surface area contributed by atoms with Crippen LogP contribution in [0.25, 0.3) is 10.9 Å². The minimum atomic E-state index is -4.05. The number of aliphatic hydroxyl groups is 1. The van der Waals surface area contributed by atoms with Gasteiger partial charge in [-0.25, -0.2) is 13.4 Å². The molecule has 11 atom stereocenters. The molecule has 0 bridgehead atoms. The van der Waals surface area contributed by atoms with E-state index in [1.54, 1.807) is 36.5 Å². The third kappa shape index (κ3) is 48.2. The Hall–Kier alpha value is -13.2. The van der Waals surface area contributed by atoms with Crippen molar-refractivity contribution in [3.63, 3.8) is 0 Å². The Morgan fingerprint density at radius 3 is 1.66 bits per heavy atom. The number of sulfonamides is 1. The third-order valence-electron chi connectivity index (χ3n) is 22.3. The van der Waals surface area contributed by atoms with Crippen LogP contribution in [0.3, 0.4) is 0 Å². The number of unbranched alkanes of at least 4 members (excludes halogenated alkanes) is 13. The summed E-state index contributed by atoms with van der Waals surface area (Å²) < 4.78 is 27.0. The molecule has 2 aromatic heterocycles. The molecule has 760 valence electrons. The molecule has 2 aromatic carbocycles. The average molecular weight is 1940 g/mol. The Balaban J connectivity index is 0.000000576. The molecule has 0 aliphatic carbocycles. The van der Waals surface area contributed by atoms with Crippen molar-refractivity contribution in [3.8, 4) is 0 Å². The van der Waals surface area contributed by atoms with Crippen LogP contribution in [0.2, 0.25) is 0 Å². The van der Waals surface area contributed by atoms with Crippen LogP contribution in [-0.4, -0.2) is 251 Å². The fraction of sp³-hybridized carbons (Fsp3) is 0.600. The number of carboxylic acid groups (broad SMARTS) is 1. The summed E-state index contributed by atoms with van der Waals surface area (Å²) in [4.78, 5) is 249. The lowest BCUT2D eigenvalue weighted by atomic mass is 10.0. The maximum absolute atomic E-state index is 14.4. The smallest absolute Gasteiger partial charge is 0.303 e. The summed E-state index contributed by atoms with van der Waals surface area (Å²) >= 11 is 0. The van der Waals surface area contributed by atoms with Gasteiger partial charge in [0.2, 0.25) is 110 Å². The number of benzene rings is 2. The third-order valence-corrected chi connectivity index (χ3v) is 23.7. The number of rotatable bonds is 56. The van der Waals surface area contributed by atoms with Crippen LogP contribution >= 0.6 is 0 Å². The van der Waals surface area contributed by atoms with E-state index >= 15 is 0 Å². The van der Waals surface area contributed by atoms with Gasteiger partial charge in [0.05, 0.1) is 31.3 Å². The van der Waals surface area contributed by atoms with Crippen molar-refractivity contribution in [2.45, 2.75) is 305 Å². The predicted molar refractivity (Wildman–Crippen MR) is 506 cm³/mol. The summed E-state index contributed by atoms with van der Waals surface area (Å²) in [7, 11) is -2.53. The summed E-state index contributed by atoms with van der Waals surface area (Å²) in [6.45, 7) is 2.70. The van der Waals surface area contributed by atoms with Gasteiger partial charge in [0.25, 0.3) is 0 Å². The number of likely N-dealkylation sites (N-methyl/N-ethyl adjacent to an activating group) is 1. The summed E-state index contributed by atoms with van der Waals surface area (Å²) in [5.41, 5.74) is 35.4. The van der Waals surface area contributed by atoms with Crippen LogP contribution in [0.5, 0.6) is 0 Å². The zero-order valence-electron chi connectivity index (χ0n) is 78.4. The van der Waals surface area contributed by atoms with Gasteiger partial charge in [-0.15, -0.1) is 0 Å². The number of aliphatic carboxylic acids is 1. The van der Waals surface area contributed by atoms with Gasteiger partial charge in [-0.2, -0.15) is 0 Å². The number of fused-ring (bicyclic) bond motifs is 1. The number of primary amides is 4. The molecule has 0 radical (unpaired) electrons. The Morgan fingerprint density at radius 2 is 1.07 bits per heavy atom. The number of carboxylic acids is 1. The minimum absolute atomic E-state index is 0.0229. The van der Waals surface area contributed by atoms with Crippen molar-refractivity contribution < 1.29 is 105 Å². The van der Waals surface area contributed by atoms with E-state index < -0.39 is 222 Å². The number of nitrogens with two attached hydrogens (primary N) is 6. The van der Waals surface area contributed by atoms with Crippen LogP contribution in [0, 0.1) is 0 Å². The second-order valence-electron chi connectivity index (χ2n) is 33.7. The number of para-hydroxylation sites is 1. The topological polar surface area (TPSA) is 763 Å². The van der Waals surface area contributed by atoms with Crippen molar-refractivity contribution in [2.24, 2.45) is 39.4 Å². The molecule has 1 saturated heterocycles. The Labute approximate surface area is 796 Å². The molecule has 137 heavy (non-hydrogen) atoms. The molecule has 0 saturated carbocycles. The first-order chi connectivity index (χ1) is 65.3. The Kier molecular flexibility index (Phi) is 54.8. The normalized spacial score (nSPS) is 17.6. The molecular weight excluding hydrogens is 1800 g/mol. The molecule has 47 heteroatoms. The van der Waals surface area contributed by atoms with E-state index in [1.807, 2.05) is 35.9 Å². The summed E-state index contributed by atoms with van der Waals surface area (Å²) in [5, 5.41) is 53.3. The second kappa shape index (κ2) is 64.7. The van der Waals surface area contributed by atoms with Crippen molar-refractivity contribution in [3.05, 3.63) is 90.1 Å². The number of H-pyrrole nitrogens is 2. The molecule has 17 amide bonds. The van der Waals surface area contributed by atoms with Gasteiger partial charge >= 0.3 is 5.97 Å². The van der Waals surface area contributed by atoms with Crippen LogP contribution in [0.4, 0.5) is 0 Å². The van der Waals surface area contributed by atoms with E-state index in [0.717, 1.165) is 36.6 Å². The number of aromatic amines is 2. The highest BCUT2D eigenvalue weighted by atomic mass is 32.2. The van der Waals surface area contributed by atoms with Crippen molar-refractivity contribution in [2.75, 3.05) is 39.0 Å². The maximum atomic E-state index is 14.4. The van der Waals surface area contributed by atoms with E-state index in [4.69, 9.17) is 34.4 Å². The van der Waals surface area contributed by atoms with Gasteiger partial charge in [0.1, 0.15) is 60.4 Å². The zero-order chi connectivity index (χ0) is 101. The SMILES string of the molecule is CCCCCCCCCCCCCCCC(=O)NS(=O)(=O)CCCC(=O)NCC(=O)N[C@@H](CCC(=O)O)C(=O)N[C@@H](CCC(N)=O)C(=O)N[C@@H](Cc1cnc[nH]1)C(=O)N[C@@H](CO)C(=O)N[C@@H](CCCC)C(N)=O.CN[C@H]1CCC(=O)NCCCC[C@@H](C(N)=O)NC(=O)[C@H](Cc2c[nH]c3ccccc23)NC(=O)[C@H](CCCN=C(N)N)NC(=O)[C@@H](Cc2ccccc2)NC(=O)[C@H](CCC(N)=O)NC1=O. The van der Waals surface area contributed by atoms with Gasteiger partial charge in [-0.1, -0.05) is 152 Å². The zero-order valence-corrected chi connectivity index (χ0v) is 79.2. The van der Waals surface area contributed by atoms with E-state index in [1.165, 1.54) is 70.9 Å². The highest BCUT2D eigenvalue weighted by Crippen LogP contribution is 2.22. The number of carbonyl (C=O) groups is 18. The van der Waals surface area contributed by atoms with Crippen LogP contribution < -0.4 is 108 Å². The monoisotopic (exact) mass is 1940 g/mol. The van der Waals surface area contributed by atoms with Gasteiger partial charge in [-0.05, 0) is 101 Å². The summed E-state index contributed by atoms with van der Waals surface area (Å²) in [5.74, 6) is -16.0. The number of aromatic nitrogens is 3. The summed E-state index contributed by atoms with van der Waals surface area (Å²) in [6.07, 6.45) is 17.8. The number of aliphatic imine (C=N–C) groups is 1. The number of hydrogen-bond donors (Lipinski definition) is 24. The molecule has 4 aromatic rings. The molecule has 46 nitrogen and oxygen atoms in total. The lowest BCUT2D eigenvalue weighted by Crippen LogP contribution is -2.60. The molecule has 0 spiro atoms. The van der Waals surface area contributed by atoms with Gasteiger partial charge < -0.3 is 124 Å². The first-order valence-electron chi connectivity index (χ1n) is 46.7. The lowest BCUT2D eigenvalue weighted by Gasteiger charge is -2.27. The molecule has 3 heterocycles. The molecule has 5 rings (SSSR count). The molecule has 0 unspecified atom stereocenters. The molecule has 1 aliphatic heterocycles. The van der Waals surface area contributed by atoms with E-state index in [9.17, 15) is 105 Å². The molecule has 1 aliphatic rings. The van der Waals surface area contributed by atoms with Crippen LogP contribution in [0.15, 0.2) is 78.3 Å². The summed E-state index contributed by atoms with van der Waals surface area (Å²) in [6, 6.07) is 1.20. The van der Waals surface area contributed by atoms with Crippen LogP contribution in [0.1, 0.15) is 236 Å². The first-order valence-corrected chi connectivity index (χ1v) is 48.4. The maximum Gasteiger partial charge on any atom is 0.303 e. The molecular formula is C90H142N24O22S. The second-order valence-corrected chi connectivity index (χ2v) is 35.5. The fourth-order valence-corrected chi connectivity index (χ4v) is 15.7. The molecule has 30 N–H and O–H groups in total. The highest BCUT2D eigenvalue weighted by molar-refractivity contribution is 7.90. The number of guanidine groups is 1. The predicted octanol–water partition coefficient (Wildman–Crippen LogP) is -2.15. The average Bonchev–Trinajstić information content (AvgIpc) is 1.65. The quantitative estimate of drug-likeness (QED) is 0.0127. The number of aliphatic hydroxyl groups excluding tert-OH is 1. The van der Waals surface area contributed by atoms with Gasteiger partial charge in [0.15, 0.2) is 5.96 Å². The number of hydrogen-bond acceptors (Lipinski definition) is 24. The van der Waals surface area contributed by atoms with Gasteiger partial charge in [0, 0.05) is 99.9 Å². The van der Waals surface area contributed by atoms with Crippen molar-refractivity contribution >= 4 is 133 Å². The number of amides is 17. The number of nitrogens with zero attached hydrogens (tertiary/aromatic N) is 2. The minimum Gasteiger partial charge on any atom is -0.481 e. The lowest BCUT2D eigenvalue weighted by molar-refractivity contribution is -0.138. The number of carbonyl (C=O) groups excluding carboxylic acids is 17. The van der Waals surface area contributed by atoms with Crippen molar-refractivity contribution in [1.29, 1.82) is 0 Å².